The van der Waals surface area contributed by atoms with E-state index in [1.807, 2.05) is 44.2 Å². The van der Waals surface area contributed by atoms with E-state index >= 15 is 0 Å². The standard InChI is InChI=1S/C56H90N2O21P2/c1-33-17-12-11-13-18-34(2)45(74-8)31-41-22-20-39(7)56(67,79-41)51(62)52(63)58-26-15-14-19-42(58)53(64)77-46(32-43(59)35(3)28-38(6)49(61)50(76-10)48(60)37(5)27-33)36(4)29-40-21-23-44(47(30-40)75-9)78-54(65)57-25-16-24-55(66,80(68,69)70)81(71,72)73/h11-13,17-18,28,33,35-37,39-42,44-47,49-50,61,66-67H,14-16,19-27,29-32H2,1-10H3,(H,57,65)(H2,68,69,70)(H2,71,72,73)/b13-11+,17-12+,34-18+,38-28+/t33-,35-,36-,37-,39-,40+,41+,42+,44-,45+,46+,47-,49-,50+,56-/m1/s1. The van der Waals surface area contributed by atoms with Gasteiger partial charge >= 0.3 is 27.3 Å². The van der Waals surface area contributed by atoms with Gasteiger partial charge in [-0.1, -0.05) is 71.1 Å². The third-order valence-corrected chi connectivity index (χ3v) is 20.5. The van der Waals surface area contributed by atoms with Crippen molar-refractivity contribution in [3.05, 3.63) is 47.6 Å². The highest BCUT2D eigenvalue weighted by Crippen LogP contribution is 2.69. The van der Waals surface area contributed by atoms with E-state index in [1.54, 1.807) is 47.8 Å². The second kappa shape index (κ2) is 30.8. The molecule has 8 N–H and O–H groups in total. The minimum Gasteiger partial charge on any atom is -0.460 e. The number of ether oxygens (including phenoxy) is 6. The summed E-state index contributed by atoms with van der Waals surface area (Å²) in [5.74, 6) is -9.24. The topological polar surface area (TPSA) is 349 Å². The maximum absolute atomic E-state index is 14.6. The van der Waals surface area contributed by atoms with E-state index in [2.05, 4.69) is 5.32 Å². The lowest BCUT2D eigenvalue weighted by molar-refractivity contribution is -0.265. The number of nitrogens with one attached hydrogen (secondary N) is 1. The summed E-state index contributed by atoms with van der Waals surface area (Å²) in [5.41, 5.74) is 1.14. The molecule has 4 aliphatic rings. The molecule has 460 valence electrons. The number of amides is 2. The molecular formula is C56H90N2O21P2. The van der Waals surface area contributed by atoms with Crippen LogP contribution in [0.4, 0.5) is 4.79 Å². The van der Waals surface area contributed by atoms with Crippen LogP contribution in [-0.4, -0.2) is 169 Å². The number of aliphatic hydroxyl groups is 3. The molecule has 23 nitrogen and oxygen atoms in total. The summed E-state index contributed by atoms with van der Waals surface area (Å²) >= 11 is 0. The number of esters is 1. The first kappa shape index (κ1) is 69.7. The van der Waals surface area contributed by atoms with Crippen LogP contribution >= 0.6 is 15.2 Å². The Hall–Kier alpha value is -3.80. The number of carbonyl (C=O) groups is 6. The molecule has 2 saturated heterocycles. The quantitative estimate of drug-likeness (QED) is 0.0360. The first-order valence-electron chi connectivity index (χ1n) is 28.1. The van der Waals surface area contributed by atoms with Gasteiger partial charge in [-0.05, 0) is 113 Å². The van der Waals surface area contributed by atoms with Gasteiger partial charge in [0.15, 0.2) is 5.78 Å². The fraction of sp³-hybridized carbons (Fsp3) is 0.750. The Labute approximate surface area is 475 Å². The van der Waals surface area contributed by atoms with Gasteiger partial charge in [-0.2, -0.15) is 0 Å². The molecule has 1 saturated carbocycles. The normalized spacial score (nSPS) is 35.3. The highest BCUT2D eigenvalue weighted by Gasteiger charge is 2.59. The van der Waals surface area contributed by atoms with E-state index in [4.69, 9.17) is 28.4 Å². The summed E-state index contributed by atoms with van der Waals surface area (Å²) < 4.78 is 58.7. The van der Waals surface area contributed by atoms with Crippen molar-refractivity contribution in [1.29, 1.82) is 0 Å². The Morgan fingerprint density at radius 2 is 1.54 bits per heavy atom. The van der Waals surface area contributed by atoms with Crippen LogP contribution < -0.4 is 5.32 Å². The second-order valence-electron chi connectivity index (χ2n) is 22.9. The average molecular weight is 1190 g/mol. The molecule has 3 aliphatic heterocycles. The molecule has 81 heavy (non-hydrogen) atoms. The van der Waals surface area contributed by atoms with Crippen LogP contribution in [0.15, 0.2) is 47.6 Å². The molecule has 0 aromatic carbocycles. The van der Waals surface area contributed by atoms with Crippen molar-refractivity contribution in [2.24, 2.45) is 35.5 Å². The molecule has 0 unspecified atom stereocenters. The molecule has 0 aromatic heterocycles. The van der Waals surface area contributed by atoms with E-state index in [0.717, 1.165) is 10.5 Å². The van der Waals surface area contributed by atoms with E-state index in [9.17, 15) is 72.8 Å². The lowest BCUT2D eigenvalue weighted by atomic mass is 9.78. The number of allylic oxidation sites excluding steroid dienone is 6. The van der Waals surface area contributed by atoms with Crippen LogP contribution in [0.25, 0.3) is 0 Å². The second-order valence-corrected chi connectivity index (χ2v) is 26.9. The number of rotatable bonds is 13. The maximum Gasteiger partial charge on any atom is 0.407 e. The Morgan fingerprint density at radius 1 is 0.864 bits per heavy atom. The van der Waals surface area contributed by atoms with E-state index in [0.29, 0.717) is 56.9 Å². The van der Waals surface area contributed by atoms with Crippen LogP contribution in [0.3, 0.4) is 0 Å². The maximum atomic E-state index is 14.6. The number of fused-ring (bicyclic) bond motifs is 3. The Bertz CT molecular complexity index is 2380. The fourth-order valence-electron chi connectivity index (χ4n) is 11.4. The van der Waals surface area contributed by atoms with Crippen LogP contribution in [0.5, 0.6) is 0 Å². The molecule has 3 heterocycles. The number of carbonyl (C=O) groups excluding carboxylic acids is 6. The number of hydrogen-bond donors (Lipinski definition) is 8. The van der Waals surface area contributed by atoms with Crippen molar-refractivity contribution in [1.82, 2.24) is 10.2 Å². The van der Waals surface area contributed by atoms with Crippen LogP contribution in [0.2, 0.25) is 0 Å². The minimum absolute atomic E-state index is 0.000230. The zero-order valence-electron chi connectivity index (χ0n) is 48.5. The minimum atomic E-state index is -5.69. The smallest absolute Gasteiger partial charge is 0.407 e. The number of alkyl carbamates (subject to hydrolysis) is 1. The molecule has 15 atom stereocenters. The molecule has 25 heteroatoms. The highest BCUT2D eigenvalue weighted by atomic mass is 31.2. The van der Waals surface area contributed by atoms with Gasteiger partial charge in [-0.15, -0.1) is 0 Å². The van der Waals surface area contributed by atoms with Gasteiger partial charge in [0.1, 0.15) is 36.2 Å². The van der Waals surface area contributed by atoms with Crippen LogP contribution in [0, 0.1) is 35.5 Å². The van der Waals surface area contributed by atoms with Gasteiger partial charge in [0.2, 0.25) is 5.79 Å². The average Bonchev–Trinajstić information content (AvgIpc) is 3.48. The number of nitrogens with zero attached hydrogens (tertiary/aromatic N) is 1. The molecule has 4 rings (SSSR count). The summed E-state index contributed by atoms with van der Waals surface area (Å²) in [6.45, 7) is 11.9. The van der Waals surface area contributed by atoms with E-state index in [-0.39, 0.29) is 62.2 Å². The Morgan fingerprint density at radius 3 is 2.17 bits per heavy atom. The lowest BCUT2D eigenvalue weighted by Gasteiger charge is -2.42. The third-order valence-electron chi connectivity index (χ3n) is 16.6. The van der Waals surface area contributed by atoms with Gasteiger partial charge in [-0.3, -0.25) is 28.3 Å². The molecule has 1 aliphatic carbocycles. The summed E-state index contributed by atoms with van der Waals surface area (Å²) in [6.07, 6.45) is 5.95. The molecule has 0 radical (unpaired) electrons. The number of hydrogen-bond acceptors (Lipinski definition) is 17. The first-order valence-corrected chi connectivity index (χ1v) is 31.3. The SMILES string of the molecule is CO[C@H]1C[C@@H]2CC[C@@H](C)[C@@](O)(O2)C(=O)C(=O)N2CCCC[C@H]2C(=O)O[C@H]([C@H](C)C[C@@H]2CC[C@@H](OC(=O)NCCCC(O)(P(=O)(O)O)P(=O)(O)O)[C@H](OC)C2)CC(=O)[C@H](C)/C=C(\C)[C@@H](O)[C@@H](OC)C(=O)[C@H](C)C[C@H](C)/C=C/C=C/C=C/1C. The van der Waals surface area contributed by atoms with Crippen molar-refractivity contribution in [3.8, 4) is 0 Å². The zero-order chi connectivity index (χ0) is 60.8. The fourth-order valence-corrected chi connectivity index (χ4v) is 13.6. The molecule has 0 aromatic rings. The zero-order valence-corrected chi connectivity index (χ0v) is 50.3. The Kier molecular flexibility index (Phi) is 26.5. The van der Waals surface area contributed by atoms with Gasteiger partial charge < -0.3 is 73.5 Å². The van der Waals surface area contributed by atoms with Crippen molar-refractivity contribution >= 4 is 50.5 Å². The third kappa shape index (κ3) is 18.6. The number of aliphatic hydroxyl groups excluding tert-OH is 1. The van der Waals surface area contributed by atoms with Gasteiger partial charge in [0, 0.05) is 71.4 Å². The number of methoxy groups -OCH3 is 3. The lowest BCUT2D eigenvalue weighted by Crippen LogP contribution is -2.61. The first-order chi connectivity index (χ1) is 37.8. The summed E-state index contributed by atoms with van der Waals surface area (Å²) in [7, 11) is -7.08. The molecule has 3 fully saturated rings. The number of ketones is 3. The number of Topliss-reactive ketones (excluding diaryl/α,β-unsaturated/α-hetero) is 3. The molecule has 0 spiro atoms. The summed E-state index contributed by atoms with van der Waals surface area (Å²) in [5, 5.41) is 32.4. The monoisotopic (exact) mass is 1190 g/mol. The van der Waals surface area contributed by atoms with Crippen molar-refractivity contribution in [2.75, 3.05) is 34.4 Å². The van der Waals surface area contributed by atoms with Crippen LogP contribution in [-0.2, 0) is 61.5 Å². The van der Waals surface area contributed by atoms with Crippen LogP contribution in [0.1, 0.15) is 138 Å². The van der Waals surface area contributed by atoms with E-state index in [1.165, 1.54) is 14.2 Å². The van der Waals surface area contributed by atoms with Crippen molar-refractivity contribution in [2.45, 2.75) is 198 Å². The van der Waals surface area contributed by atoms with E-state index < -0.39 is 135 Å². The predicted octanol–water partition coefficient (Wildman–Crippen LogP) is 5.70. The highest BCUT2D eigenvalue weighted by molar-refractivity contribution is 7.72. The van der Waals surface area contributed by atoms with Gasteiger partial charge in [0.25, 0.3) is 16.8 Å². The van der Waals surface area contributed by atoms with Crippen molar-refractivity contribution < 1.29 is 101 Å². The predicted molar refractivity (Wildman–Crippen MR) is 296 cm³/mol. The molecule has 2 amide bonds. The summed E-state index contributed by atoms with van der Waals surface area (Å²) in [6, 6.07) is -1.26. The largest absolute Gasteiger partial charge is 0.460 e. The molecule has 2 bridgehead atoms. The van der Waals surface area contributed by atoms with Gasteiger partial charge in [0.05, 0.1) is 18.3 Å². The Balaban J connectivity index is 1.62. The molecular weight excluding hydrogens is 1100 g/mol. The number of piperidine rings is 1. The van der Waals surface area contributed by atoms with Gasteiger partial charge in [-0.25, -0.2) is 9.59 Å². The summed E-state index contributed by atoms with van der Waals surface area (Å²) in [4.78, 5) is 123. The number of cyclic esters (lactones) is 1. The van der Waals surface area contributed by atoms with Crippen molar-refractivity contribution in [3.63, 3.8) is 0 Å².